The van der Waals surface area contributed by atoms with Crippen LogP contribution in [0.2, 0.25) is 0 Å². The Balaban J connectivity index is 0.000000550. The third-order valence-corrected chi connectivity index (χ3v) is 7.48. The molecule has 0 amide bonds. The summed E-state index contributed by atoms with van der Waals surface area (Å²) in [6.07, 6.45) is 3.68. The Labute approximate surface area is 212 Å². The number of hydrogen-bond acceptors (Lipinski definition) is 6. The third kappa shape index (κ3) is 6.53. The number of hydrogen-bond donors (Lipinski definition) is 2. The van der Waals surface area contributed by atoms with E-state index in [4.69, 9.17) is 19.8 Å². The number of likely N-dealkylation sites (tertiary alicyclic amines) is 1. The normalized spacial score (nSPS) is 23.4. The lowest BCUT2D eigenvalue weighted by Crippen LogP contribution is -2.55. The molecule has 2 N–H and O–H groups in total. The van der Waals surface area contributed by atoms with Crippen LogP contribution in [-0.2, 0) is 9.59 Å². The van der Waals surface area contributed by atoms with Crippen molar-refractivity contribution in [1.82, 2.24) is 14.4 Å². The predicted molar refractivity (Wildman–Crippen MR) is 140 cm³/mol. The zero-order valence-corrected chi connectivity index (χ0v) is 21.1. The first-order valence-corrected chi connectivity index (χ1v) is 12.5. The average Bonchev–Trinajstić information content (AvgIpc) is 2.88. The largest absolute Gasteiger partial charge is 0.483 e. The molecule has 0 spiro atoms. The molecule has 196 valence electrons. The summed E-state index contributed by atoms with van der Waals surface area (Å²) in [6.45, 7) is 4.94. The lowest BCUT2D eigenvalue weighted by Gasteiger charge is -2.50. The lowest BCUT2D eigenvalue weighted by atomic mass is 9.77. The Morgan fingerprint density at radius 2 is 1.58 bits per heavy atom. The molecule has 2 saturated heterocycles. The van der Waals surface area contributed by atoms with Gasteiger partial charge < -0.3 is 24.6 Å². The minimum Gasteiger partial charge on any atom is -0.483 e. The first-order valence-electron chi connectivity index (χ1n) is 12.5. The molecular formula is C27H38N4O5. The third-order valence-electron chi connectivity index (χ3n) is 7.48. The highest BCUT2D eigenvalue weighted by Gasteiger charge is 2.42. The molecule has 2 fully saturated rings. The van der Waals surface area contributed by atoms with Crippen molar-refractivity contribution in [3.8, 4) is 0 Å². The minimum absolute atomic E-state index is 0.179. The van der Waals surface area contributed by atoms with E-state index in [9.17, 15) is 4.79 Å². The van der Waals surface area contributed by atoms with Crippen molar-refractivity contribution in [2.75, 3.05) is 51.7 Å². The van der Waals surface area contributed by atoms with Crippen LogP contribution >= 0.6 is 0 Å². The molecule has 1 aromatic heterocycles. The highest BCUT2D eigenvalue weighted by Crippen LogP contribution is 2.42. The number of rotatable bonds is 4. The monoisotopic (exact) mass is 498 g/mol. The number of anilines is 1. The van der Waals surface area contributed by atoms with Gasteiger partial charge in [0.2, 0.25) is 0 Å². The highest BCUT2D eigenvalue weighted by molar-refractivity contribution is 5.46. The lowest BCUT2D eigenvalue weighted by molar-refractivity contribution is -0.123. The topological polar surface area (TPSA) is 106 Å². The fraction of sp³-hybridized carbons (Fsp3) is 0.519. The van der Waals surface area contributed by atoms with Crippen LogP contribution in [0.15, 0.2) is 53.3 Å². The quantitative estimate of drug-likeness (QED) is 0.620. The zero-order valence-electron chi connectivity index (χ0n) is 21.1. The van der Waals surface area contributed by atoms with E-state index in [1.54, 1.807) is 6.07 Å². The van der Waals surface area contributed by atoms with Gasteiger partial charge in [0.25, 0.3) is 18.5 Å². The first kappa shape index (κ1) is 27.4. The minimum atomic E-state index is -0.250. The average molecular weight is 499 g/mol. The summed E-state index contributed by atoms with van der Waals surface area (Å²) in [4.78, 5) is 37.0. The zero-order chi connectivity index (χ0) is 26.1. The van der Waals surface area contributed by atoms with Crippen molar-refractivity contribution >= 4 is 18.6 Å². The van der Waals surface area contributed by atoms with Gasteiger partial charge in [-0.25, -0.2) is 0 Å². The van der Waals surface area contributed by atoms with Gasteiger partial charge in [-0.1, -0.05) is 24.3 Å². The van der Waals surface area contributed by atoms with Crippen LogP contribution in [0.5, 0.6) is 0 Å². The standard InChI is InChI=1S/C25H34N4O.2CH2O2/c1-26(2)18-24-20-15-19(23-9-6-10-25(30)29(23)24)16-28(17-20)22-11-13-27(14-12-22)21-7-4-3-5-8-21;2*2-1-3/h3-10,19-20,22,24H,11-18H2,1-2H3;2*1H,(H,2,3)/t19-,20+,24+;;/m1../s1. The molecule has 3 aliphatic heterocycles. The number of nitrogens with zero attached hydrogens (tertiary/aromatic N) is 4. The molecule has 9 heteroatoms. The van der Waals surface area contributed by atoms with Gasteiger partial charge in [0.1, 0.15) is 0 Å². The molecule has 0 unspecified atom stereocenters. The summed E-state index contributed by atoms with van der Waals surface area (Å²) in [5.41, 5.74) is 2.79. The molecular weight excluding hydrogens is 460 g/mol. The van der Waals surface area contributed by atoms with Gasteiger partial charge in [0, 0.05) is 62.1 Å². The molecule has 36 heavy (non-hydrogen) atoms. The molecule has 0 saturated carbocycles. The fourth-order valence-corrected chi connectivity index (χ4v) is 6.11. The summed E-state index contributed by atoms with van der Waals surface area (Å²) in [6, 6.07) is 17.7. The van der Waals surface area contributed by atoms with Gasteiger partial charge in [-0.2, -0.15) is 0 Å². The van der Waals surface area contributed by atoms with E-state index >= 15 is 0 Å². The smallest absolute Gasteiger partial charge is 0.290 e. The highest BCUT2D eigenvalue weighted by atomic mass is 16.3. The van der Waals surface area contributed by atoms with E-state index < -0.39 is 0 Å². The number of carbonyl (C=O) groups is 2. The molecule has 0 aliphatic carbocycles. The van der Waals surface area contributed by atoms with Crippen LogP contribution in [0.25, 0.3) is 0 Å². The number of para-hydroxylation sites is 1. The van der Waals surface area contributed by atoms with E-state index in [-0.39, 0.29) is 24.5 Å². The predicted octanol–water partition coefficient (Wildman–Crippen LogP) is 2.44. The molecule has 5 rings (SSSR count). The Bertz CT molecular complexity index is 1010. The Kier molecular flexibility index (Phi) is 10.1. The molecule has 2 aromatic rings. The Morgan fingerprint density at radius 3 is 2.19 bits per heavy atom. The van der Waals surface area contributed by atoms with Gasteiger partial charge in [0.05, 0.1) is 6.04 Å². The maximum atomic E-state index is 12.8. The molecule has 2 bridgehead atoms. The van der Waals surface area contributed by atoms with E-state index in [2.05, 4.69) is 69.8 Å². The fourth-order valence-electron chi connectivity index (χ4n) is 6.11. The number of aromatic nitrogens is 1. The van der Waals surface area contributed by atoms with E-state index in [1.165, 1.54) is 30.6 Å². The van der Waals surface area contributed by atoms with Crippen LogP contribution in [-0.4, -0.2) is 90.4 Å². The van der Waals surface area contributed by atoms with Crippen molar-refractivity contribution in [2.24, 2.45) is 5.92 Å². The number of benzene rings is 1. The van der Waals surface area contributed by atoms with Gasteiger partial charge in [-0.05, 0) is 57.5 Å². The molecule has 3 atom stereocenters. The molecule has 1 aromatic carbocycles. The number of piperidine rings is 2. The van der Waals surface area contributed by atoms with Crippen LogP contribution in [0.4, 0.5) is 5.69 Å². The van der Waals surface area contributed by atoms with Crippen molar-refractivity contribution in [2.45, 2.75) is 37.3 Å². The summed E-state index contributed by atoms with van der Waals surface area (Å²) in [5, 5.41) is 13.8. The maximum Gasteiger partial charge on any atom is 0.290 e. The van der Waals surface area contributed by atoms with Gasteiger partial charge in [0.15, 0.2) is 0 Å². The summed E-state index contributed by atoms with van der Waals surface area (Å²) < 4.78 is 2.13. The second-order valence-electron chi connectivity index (χ2n) is 9.90. The van der Waals surface area contributed by atoms with Crippen LogP contribution in [0, 0.1) is 5.92 Å². The Hall–Kier alpha value is -3.17. The van der Waals surface area contributed by atoms with Crippen LogP contribution in [0.1, 0.15) is 36.9 Å². The van der Waals surface area contributed by atoms with E-state index in [0.717, 1.165) is 32.7 Å². The second kappa shape index (κ2) is 13.2. The van der Waals surface area contributed by atoms with Gasteiger partial charge in [-0.3, -0.25) is 19.3 Å². The van der Waals surface area contributed by atoms with Crippen molar-refractivity contribution < 1.29 is 19.8 Å². The number of fused-ring (bicyclic) bond motifs is 4. The second-order valence-corrected chi connectivity index (χ2v) is 9.90. The van der Waals surface area contributed by atoms with E-state index in [1.807, 2.05) is 6.07 Å². The van der Waals surface area contributed by atoms with Crippen molar-refractivity contribution in [3.63, 3.8) is 0 Å². The van der Waals surface area contributed by atoms with Crippen LogP contribution in [0.3, 0.4) is 0 Å². The summed E-state index contributed by atoms with van der Waals surface area (Å²) in [5.74, 6) is 1.05. The number of likely N-dealkylation sites (N-methyl/N-ethyl adjacent to an activating group) is 1. The molecule has 4 heterocycles. The molecule has 9 nitrogen and oxygen atoms in total. The van der Waals surface area contributed by atoms with Crippen LogP contribution < -0.4 is 10.5 Å². The van der Waals surface area contributed by atoms with Crippen molar-refractivity contribution in [3.05, 3.63) is 64.6 Å². The summed E-state index contributed by atoms with van der Waals surface area (Å²) >= 11 is 0. The van der Waals surface area contributed by atoms with E-state index in [0.29, 0.717) is 17.9 Å². The van der Waals surface area contributed by atoms with Gasteiger partial charge in [-0.15, -0.1) is 0 Å². The maximum absolute atomic E-state index is 12.8. The van der Waals surface area contributed by atoms with Crippen molar-refractivity contribution in [1.29, 1.82) is 0 Å². The van der Waals surface area contributed by atoms with Gasteiger partial charge >= 0.3 is 0 Å². The Morgan fingerprint density at radius 1 is 0.944 bits per heavy atom. The first-order chi connectivity index (χ1) is 17.4. The summed E-state index contributed by atoms with van der Waals surface area (Å²) in [7, 11) is 4.25. The molecule has 3 aliphatic rings. The number of pyridine rings is 1. The number of carboxylic acid groups (broad SMARTS) is 2. The molecule has 0 radical (unpaired) electrons. The SMILES string of the molecule is CN(C)C[C@H]1[C@H]2C[C@H](CN(C3CCN(c4ccccc4)CC3)C2)c2cccc(=O)n21.O=CO.O=CO.